The fraction of sp³-hybridized carbons (Fsp3) is 0.294. The number of nitrogens with one attached hydrogen (secondary N) is 1. The summed E-state index contributed by atoms with van der Waals surface area (Å²) in [6.45, 7) is 4.16. The van der Waals surface area contributed by atoms with E-state index in [1.165, 1.54) is 5.56 Å². The fourth-order valence-corrected chi connectivity index (χ4v) is 2.27. The fourth-order valence-electron chi connectivity index (χ4n) is 2.09. The molecule has 0 aliphatic heterocycles. The monoisotopic (exact) mass is 289 g/mol. The van der Waals surface area contributed by atoms with Crippen LogP contribution in [-0.2, 0) is 6.42 Å². The molecule has 0 amide bonds. The number of aromatic hydroxyl groups is 1. The van der Waals surface area contributed by atoms with Crippen molar-refractivity contribution in [2.24, 2.45) is 0 Å². The first-order valence-corrected chi connectivity index (χ1v) is 7.23. The average molecular weight is 290 g/mol. The van der Waals surface area contributed by atoms with Gasteiger partial charge in [0.25, 0.3) is 0 Å². The Hall–Kier alpha value is -1.67. The standard InChI is InChI=1S/C17H20ClNO/c1-12-3-8-15(11-17(12)18)19-13(2)4-5-14-6-9-16(20)10-7-14/h3,6-11,13,19-20H,4-5H2,1-2H3. The SMILES string of the molecule is Cc1ccc(NC(C)CCc2ccc(O)cc2)cc1Cl. The molecule has 2 rings (SSSR count). The molecule has 2 nitrogen and oxygen atoms in total. The summed E-state index contributed by atoms with van der Waals surface area (Å²) in [7, 11) is 0. The Labute approximate surface area is 125 Å². The van der Waals surface area contributed by atoms with Gasteiger partial charge in [-0.2, -0.15) is 0 Å². The summed E-state index contributed by atoms with van der Waals surface area (Å²) >= 11 is 6.12. The van der Waals surface area contributed by atoms with Crippen LogP contribution in [0.3, 0.4) is 0 Å². The van der Waals surface area contributed by atoms with Gasteiger partial charge in [0.1, 0.15) is 5.75 Å². The molecule has 0 aromatic heterocycles. The summed E-state index contributed by atoms with van der Waals surface area (Å²) in [5.41, 5.74) is 3.38. The van der Waals surface area contributed by atoms with Gasteiger partial charge in [0.2, 0.25) is 0 Å². The second kappa shape index (κ2) is 6.67. The lowest BCUT2D eigenvalue weighted by atomic mass is 10.1. The van der Waals surface area contributed by atoms with Gasteiger partial charge in [0, 0.05) is 16.8 Å². The molecule has 0 spiro atoms. The third-order valence-electron chi connectivity index (χ3n) is 3.39. The van der Waals surface area contributed by atoms with Crippen LogP contribution in [0.5, 0.6) is 5.75 Å². The minimum absolute atomic E-state index is 0.314. The molecule has 0 radical (unpaired) electrons. The molecule has 1 atom stereocenters. The van der Waals surface area contributed by atoms with E-state index >= 15 is 0 Å². The molecule has 0 saturated carbocycles. The Morgan fingerprint density at radius 3 is 2.50 bits per heavy atom. The second-order valence-corrected chi connectivity index (χ2v) is 5.62. The van der Waals surface area contributed by atoms with Gasteiger partial charge in [-0.25, -0.2) is 0 Å². The number of rotatable bonds is 5. The van der Waals surface area contributed by atoms with Crippen molar-refractivity contribution in [2.75, 3.05) is 5.32 Å². The van der Waals surface area contributed by atoms with Crippen LogP contribution in [0.25, 0.3) is 0 Å². The van der Waals surface area contributed by atoms with E-state index in [0.29, 0.717) is 11.8 Å². The van der Waals surface area contributed by atoms with E-state index in [-0.39, 0.29) is 0 Å². The zero-order valence-electron chi connectivity index (χ0n) is 11.9. The van der Waals surface area contributed by atoms with E-state index in [1.807, 2.05) is 31.2 Å². The highest BCUT2D eigenvalue weighted by Crippen LogP contribution is 2.21. The van der Waals surface area contributed by atoms with Gasteiger partial charge >= 0.3 is 0 Å². The maximum atomic E-state index is 9.25. The zero-order chi connectivity index (χ0) is 14.5. The van der Waals surface area contributed by atoms with Gasteiger partial charge in [-0.3, -0.25) is 0 Å². The van der Waals surface area contributed by atoms with Crippen LogP contribution in [0, 0.1) is 6.92 Å². The zero-order valence-corrected chi connectivity index (χ0v) is 12.6. The number of hydrogen-bond donors (Lipinski definition) is 2. The summed E-state index contributed by atoms with van der Waals surface area (Å²) in [6, 6.07) is 13.8. The van der Waals surface area contributed by atoms with Crippen LogP contribution in [0.15, 0.2) is 42.5 Å². The summed E-state index contributed by atoms with van der Waals surface area (Å²) in [5.74, 6) is 0.314. The highest BCUT2D eigenvalue weighted by atomic mass is 35.5. The van der Waals surface area contributed by atoms with Crippen molar-refractivity contribution in [1.82, 2.24) is 0 Å². The lowest BCUT2D eigenvalue weighted by Gasteiger charge is -2.16. The lowest BCUT2D eigenvalue weighted by molar-refractivity contribution is 0.475. The molecular formula is C17H20ClNO. The van der Waals surface area contributed by atoms with E-state index in [4.69, 9.17) is 11.6 Å². The summed E-state index contributed by atoms with van der Waals surface area (Å²) in [4.78, 5) is 0. The van der Waals surface area contributed by atoms with E-state index < -0.39 is 0 Å². The molecule has 0 fully saturated rings. The Morgan fingerprint density at radius 2 is 1.85 bits per heavy atom. The second-order valence-electron chi connectivity index (χ2n) is 5.21. The van der Waals surface area contributed by atoms with Gasteiger partial charge in [-0.15, -0.1) is 0 Å². The van der Waals surface area contributed by atoms with Gasteiger partial charge < -0.3 is 10.4 Å². The largest absolute Gasteiger partial charge is 0.508 e. The first-order valence-electron chi connectivity index (χ1n) is 6.85. The summed E-state index contributed by atoms with van der Waals surface area (Å²) < 4.78 is 0. The Bertz CT molecular complexity index is 566. The van der Waals surface area contributed by atoms with Crippen LogP contribution in [0.4, 0.5) is 5.69 Å². The van der Waals surface area contributed by atoms with Crippen LogP contribution < -0.4 is 5.32 Å². The van der Waals surface area contributed by atoms with Crippen LogP contribution in [-0.4, -0.2) is 11.1 Å². The molecule has 2 aromatic carbocycles. The third kappa shape index (κ3) is 4.17. The third-order valence-corrected chi connectivity index (χ3v) is 3.79. The van der Waals surface area contributed by atoms with Crippen molar-refractivity contribution in [3.63, 3.8) is 0 Å². The van der Waals surface area contributed by atoms with Gasteiger partial charge in [-0.05, 0) is 62.1 Å². The van der Waals surface area contributed by atoms with Crippen molar-refractivity contribution in [3.8, 4) is 5.75 Å². The minimum Gasteiger partial charge on any atom is -0.508 e. The first-order chi connectivity index (χ1) is 9.54. The lowest BCUT2D eigenvalue weighted by Crippen LogP contribution is -2.15. The molecule has 0 bridgehead atoms. The average Bonchev–Trinajstić information content (AvgIpc) is 2.42. The number of anilines is 1. The number of phenols is 1. The molecule has 2 N–H and O–H groups in total. The van der Waals surface area contributed by atoms with E-state index in [1.54, 1.807) is 12.1 Å². The molecule has 1 unspecified atom stereocenters. The number of aryl methyl sites for hydroxylation is 2. The predicted molar refractivity (Wildman–Crippen MR) is 85.7 cm³/mol. The molecule has 20 heavy (non-hydrogen) atoms. The van der Waals surface area contributed by atoms with Crippen LogP contribution in [0.1, 0.15) is 24.5 Å². The Morgan fingerprint density at radius 1 is 1.15 bits per heavy atom. The topological polar surface area (TPSA) is 32.3 Å². The molecule has 3 heteroatoms. The van der Waals surface area contributed by atoms with E-state index in [2.05, 4.69) is 18.3 Å². The highest BCUT2D eigenvalue weighted by molar-refractivity contribution is 6.31. The number of benzene rings is 2. The predicted octanol–water partition coefficient (Wildman–Crippen LogP) is 4.79. The number of phenolic OH excluding ortho intramolecular Hbond substituents is 1. The molecule has 2 aromatic rings. The van der Waals surface area contributed by atoms with E-state index in [0.717, 1.165) is 29.1 Å². The molecular weight excluding hydrogens is 270 g/mol. The maximum absolute atomic E-state index is 9.25. The summed E-state index contributed by atoms with van der Waals surface area (Å²) in [5, 5.41) is 13.5. The molecule has 0 aliphatic carbocycles. The van der Waals surface area contributed by atoms with Crippen molar-refractivity contribution < 1.29 is 5.11 Å². The van der Waals surface area contributed by atoms with Crippen molar-refractivity contribution in [2.45, 2.75) is 32.7 Å². The molecule has 0 saturated heterocycles. The van der Waals surface area contributed by atoms with Crippen molar-refractivity contribution >= 4 is 17.3 Å². The minimum atomic E-state index is 0.314. The van der Waals surface area contributed by atoms with Crippen molar-refractivity contribution in [3.05, 3.63) is 58.6 Å². The first kappa shape index (κ1) is 14.7. The van der Waals surface area contributed by atoms with Gasteiger partial charge in [-0.1, -0.05) is 29.8 Å². The van der Waals surface area contributed by atoms with Gasteiger partial charge in [0.05, 0.1) is 0 Å². The Kier molecular flexibility index (Phi) is 4.91. The van der Waals surface area contributed by atoms with Gasteiger partial charge in [0.15, 0.2) is 0 Å². The maximum Gasteiger partial charge on any atom is 0.115 e. The van der Waals surface area contributed by atoms with E-state index in [9.17, 15) is 5.11 Å². The molecule has 0 heterocycles. The number of hydrogen-bond acceptors (Lipinski definition) is 2. The number of halogens is 1. The summed E-state index contributed by atoms with van der Waals surface area (Å²) in [6.07, 6.45) is 2.00. The highest BCUT2D eigenvalue weighted by Gasteiger charge is 2.04. The quantitative estimate of drug-likeness (QED) is 0.829. The molecule has 0 aliphatic rings. The normalized spacial score (nSPS) is 12.2. The smallest absolute Gasteiger partial charge is 0.115 e. The molecule has 106 valence electrons. The Balaban J connectivity index is 1.87. The van der Waals surface area contributed by atoms with Crippen LogP contribution in [0.2, 0.25) is 5.02 Å². The van der Waals surface area contributed by atoms with Crippen molar-refractivity contribution in [1.29, 1.82) is 0 Å². The van der Waals surface area contributed by atoms with Crippen LogP contribution >= 0.6 is 11.6 Å².